The first kappa shape index (κ1) is 13.9. The normalized spacial score (nSPS) is 28.3. The van der Waals surface area contributed by atoms with Crippen LogP contribution in [-0.2, 0) is 0 Å². The predicted molar refractivity (Wildman–Crippen MR) is 87.8 cm³/mol. The van der Waals surface area contributed by atoms with Crippen molar-refractivity contribution >= 4 is 37.5 Å². The van der Waals surface area contributed by atoms with Gasteiger partial charge in [0.15, 0.2) is 0 Å². The number of rotatable bonds is 2. The fraction of sp³-hybridized carbons (Fsp3) is 0.600. The van der Waals surface area contributed by atoms with Crippen LogP contribution in [-0.4, -0.2) is 25.2 Å². The lowest BCUT2D eigenvalue weighted by molar-refractivity contribution is 0.331. The maximum atomic E-state index is 3.79. The monoisotopic (exact) mass is 386 g/mol. The first-order chi connectivity index (χ1) is 9.08. The minimum atomic E-state index is 0.276. The zero-order chi connectivity index (χ0) is 13.5. The Bertz CT molecular complexity index is 473. The van der Waals surface area contributed by atoms with Crippen LogP contribution in [0, 0.1) is 5.92 Å². The van der Waals surface area contributed by atoms with Crippen molar-refractivity contribution < 1.29 is 0 Å². The van der Waals surface area contributed by atoms with Gasteiger partial charge in [0.05, 0.1) is 5.69 Å². The van der Waals surface area contributed by atoms with Gasteiger partial charge in [-0.3, -0.25) is 0 Å². The third-order valence-corrected chi connectivity index (χ3v) is 5.54. The second-order valence-electron chi connectivity index (χ2n) is 5.99. The first-order valence-corrected chi connectivity index (χ1v) is 8.62. The van der Waals surface area contributed by atoms with E-state index in [0.29, 0.717) is 0 Å². The third-order valence-electron chi connectivity index (χ3n) is 4.38. The summed E-state index contributed by atoms with van der Waals surface area (Å²) in [5.41, 5.74) is 1.59. The van der Waals surface area contributed by atoms with Gasteiger partial charge in [-0.05, 0) is 72.8 Å². The summed E-state index contributed by atoms with van der Waals surface area (Å²) >= 11 is 7.29. The van der Waals surface area contributed by atoms with Crippen molar-refractivity contribution in [3.63, 3.8) is 0 Å². The minimum Gasteiger partial charge on any atom is -0.369 e. The van der Waals surface area contributed by atoms with Gasteiger partial charge in [-0.1, -0.05) is 15.9 Å². The fourth-order valence-corrected chi connectivity index (χ4v) is 3.95. The number of halogens is 2. The Labute approximate surface area is 132 Å². The van der Waals surface area contributed by atoms with E-state index in [9.17, 15) is 0 Å². The van der Waals surface area contributed by atoms with E-state index in [1.54, 1.807) is 0 Å². The number of hydrogen-bond donors (Lipinski definition) is 1. The van der Waals surface area contributed by atoms with E-state index in [0.717, 1.165) is 30.0 Å². The molecule has 1 N–H and O–H groups in total. The fourth-order valence-electron chi connectivity index (χ4n) is 3.10. The second kappa shape index (κ2) is 5.38. The zero-order valence-electron chi connectivity index (χ0n) is 11.3. The minimum absolute atomic E-state index is 0.276. The summed E-state index contributed by atoms with van der Waals surface area (Å²) < 4.78 is 2.34. The molecule has 0 radical (unpaired) electrons. The van der Waals surface area contributed by atoms with Crippen LogP contribution in [0.15, 0.2) is 27.1 Å². The Kier molecular flexibility index (Phi) is 3.93. The molecule has 1 aliphatic carbocycles. The highest BCUT2D eigenvalue weighted by atomic mass is 79.9. The summed E-state index contributed by atoms with van der Waals surface area (Å²) in [4.78, 5) is 2.53. The highest BCUT2D eigenvalue weighted by Crippen LogP contribution is 2.42. The SMILES string of the molecule is CC1(C2CC2)CN(c2cc(Br)ccc2Br)CCCN1. The molecule has 0 aromatic heterocycles. The van der Waals surface area contributed by atoms with Gasteiger partial charge < -0.3 is 10.2 Å². The van der Waals surface area contributed by atoms with Crippen molar-refractivity contribution in [2.45, 2.75) is 31.7 Å². The second-order valence-corrected chi connectivity index (χ2v) is 7.76. The average Bonchev–Trinajstić information content (AvgIpc) is 3.19. The maximum Gasteiger partial charge on any atom is 0.0522 e. The molecule has 1 heterocycles. The van der Waals surface area contributed by atoms with Gasteiger partial charge in [-0.2, -0.15) is 0 Å². The van der Waals surface area contributed by atoms with Crippen molar-refractivity contribution in [2.75, 3.05) is 24.5 Å². The van der Waals surface area contributed by atoms with Gasteiger partial charge in [0.25, 0.3) is 0 Å². The topological polar surface area (TPSA) is 15.3 Å². The van der Waals surface area contributed by atoms with Crippen molar-refractivity contribution in [3.05, 3.63) is 27.1 Å². The number of anilines is 1. The quantitative estimate of drug-likeness (QED) is 0.818. The largest absolute Gasteiger partial charge is 0.369 e. The van der Waals surface area contributed by atoms with E-state index < -0.39 is 0 Å². The number of nitrogens with one attached hydrogen (secondary N) is 1. The lowest BCUT2D eigenvalue weighted by Crippen LogP contribution is -2.51. The summed E-state index contributed by atoms with van der Waals surface area (Å²) in [6.07, 6.45) is 3.98. The molecule has 1 saturated carbocycles. The van der Waals surface area contributed by atoms with Crippen LogP contribution in [0.3, 0.4) is 0 Å². The lowest BCUT2D eigenvalue weighted by Gasteiger charge is -2.35. The molecule has 1 aliphatic heterocycles. The van der Waals surface area contributed by atoms with Crippen LogP contribution in [0.4, 0.5) is 5.69 Å². The molecule has 4 heteroatoms. The Morgan fingerprint density at radius 1 is 1.32 bits per heavy atom. The van der Waals surface area contributed by atoms with Crippen LogP contribution in [0.5, 0.6) is 0 Å². The van der Waals surface area contributed by atoms with Crippen LogP contribution in [0.1, 0.15) is 26.2 Å². The smallest absolute Gasteiger partial charge is 0.0522 e. The Hall–Kier alpha value is -0.0600. The van der Waals surface area contributed by atoms with Gasteiger partial charge in [-0.15, -0.1) is 0 Å². The van der Waals surface area contributed by atoms with Crippen LogP contribution in [0.2, 0.25) is 0 Å². The molecular formula is C15H20Br2N2. The van der Waals surface area contributed by atoms with E-state index in [4.69, 9.17) is 0 Å². The van der Waals surface area contributed by atoms with Gasteiger partial charge >= 0.3 is 0 Å². The van der Waals surface area contributed by atoms with Crippen molar-refractivity contribution in [3.8, 4) is 0 Å². The summed E-state index contributed by atoms with van der Waals surface area (Å²) in [6, 6.07) is 6.44. The molecule has 104 valence electrons. The molecule has 1 saturated heterocycles. The summed E-state index contributed by atoms with van der Waals surface area (Å²) in [5.74, 6) is 0.860. The molecule has 1 unspecified atom stereocenters. The molecule has 2 fully saturated rings. The lowest BCUT2D eigenvalue weighted by atomic mass is 9.95. The maximum absolute atomic E-state index is 3.79. The molecule has 2 aliphatic rings. The number of benzene rings is 1. The highest BCUT2D eigenvalue weighted by molar-refractivity contribution is 9.11. The molecule has 1 aromatic rings. The molecule has 1 aromatic carbocycles. The Balaban J connectivity index is 1.88. The average molecular weight is 388 g/mol. The van der Waals surface area contributed by atoms with Gasteiger partial charge in [0.1, 0.15) is 0 Å². The third kappa shape index (κ3) is 3.01. The molecule has 0 spiro atoms. The molecule has 19 heavy (non-hydrogen) atoms. The van der Waals surface area contributed by atoms with Crippen molar-refractivity contribution in [2.24, 2.45) is 5.92 Å². The molecule has 0 bridgehead atoms. The standard InChI is InChI=1S/C15H20Br2N2/c1-15(11-3-4-11)10-19(8-2-7-18-15)14-9-12(16)5-6-13(14)17/h5-6,9,11,18H,2-4,7-8,10H2,1H3. The number of nitrogens with zero attached hydrogens (tertiary/aromatic N) is 1. The summed E-state index contributed by atoms with van der Waals surface area (Å²) in [6.45, 7) is 5.76. The van der Waals surface area contributed by atoms with Crippen LogP contribution < -0.4 is 10.2 Å². The molecule has 2 nitrogen and oxygen atoms in total. The predicted octanol–water partition coefficient (Wildman–Crippen LogP) is 4.18. The number of hydrogen-bond acceptors (Lipinski definition) is 2. The molecule has 1 atom stereocenters. The van der Waals surface area contributed by atoms with Gasteiger partial charge in [0.2, 0.25) is 0 Å². The summed E-state index contributed by atoms with van der Waals surface area (Å²) in [7, 11) is 0. The van der Waals surface area contributed by atoms with Crippen molar-refractivity contribution in [1.29, 1.82) is 0 Å². The van der Waals surface area contributed by atoms with Crippen LogP contribution in [0.25, 0.3) is 0 Å². The first-order valence-electron chi connectivity index (χ1n) is 7.03. The molecular weight excluding hydrogens is 368 g/mol. The summed E-state index contributed by atoms with van der Waals surface area (Å²) in [5, 5.41) is 3.79. The van der Waals surface area contributed by atoms with E-state index in [2.05, 4.69) is 67.2 Å². The zero-order valence-corrected chi connectivity index (χ0v) is 14.4. The molecule has 0 amide bonds. The van der Waals surface area contributed by atoms with Crippen molar-refractivity contribution in [1.82, 2.24) is 5.32 Å². The van der Waals surface area contributed by atoms with Crippen LogP contribution >= 0.6 is 31.9 Å². The Morgan fingerprint density at radius 2 is 2.11 bits per heavy atom. The Morgan fingerprint density at radius 3 is 2.84 bits per heavy atom. The molecule has 3 rings (SSSR count). The van der Waals surface area contributed by atoms with E-state index in [-0.39, 0.29) is 5.54 Å². The van der Waals surface area contributed by atoms with E-state index >= 15 is 0 Å². The van der Waals surface area contributed by atoms with Gasteiger partial charge in [0, 0.05) is 27.6 Å². The van der Waals surface area contributed by atoms with E-state index in [1.807, 2.05) is 0 Å². The highest BCUT2D eigenvalue weighted by Gasteiger charge is 2.43. The van der Waals surface area contributed by atoms with E-state index in [1.165, 1.54) is 29.4 Å². The van der Waals surface area contributed by atoms with Gasteiger partial charge in [-0.25, -0.2) is 0 Å².